The molecule has 0 aliphatic rings. The monoisotopic (exact) mass is 257 g/mol. The maximum absolute atomic E-state index is 5.39. The summed E-state index contributed by atoms with van der Waals surface area (Å²) in [7, 11) is 1.69. The van der Waals surface area contributed by atoms with Gasteiger partial charge in [-0.1, -0.05) is 0 Å². The molecule has 0 fully saturated rings. The van der Waals surface area contributed by atoms with Crippen molar-refractivity contribution in [2.75, 3.05) is 33.5 Å². The molecule has 1 aromatic heterocycles. The molecule has 1 N–H and O–H groups in total. The van der Waals surface area contributed by atoms with Crippen molar-refractivity contribution in [2.45, 2.75) is 26.8 Å². The lowest BCUT2D eigenvalue weighted by atomic mass is 10.2. The fourth-order valence-corrected chi connectivity index (χ4v) is 2.57. The predicted molar refractivity (Wildman–Crippen MR) is 72.8 cm³/mol. The zero-order chi connectivity index (χ0) is 12.5. The summed E-state index contributed by atoms with van der Waals surface area (Å²) in [6.45, 7) is 8.49. The minimum absolute atomic E-state index is 0.681. The molecular weight excluding hydrogens is 234 g/mol. The van der Waals surface area contributed by atoms with Crippen molar-refractivity contribution >= 4 is 11.3 Å². The molecule has 0 radical (unpaired) electrons. The second kappa shape index (κ2) is 8.64. The molecular formula is C13H23NO2S. The Balaban J connectivity index is 1.99. The lowest BCUT2D eigenvalue weighted by Crippen LogP contribution is -2.17. The van der Waals surface area contributed by atoms with Crippen LogP contribution < -0.4 is 5.32 Å². The van der Waals surface area contributed by atoms with E-state index in [4.69, 9.17) is 9.47 Å². The van der Waals surface area contributed by atoms with E-state index in [-0.39, 0.29) is 0 Å². The highest BCUT2D eigenvalue weighted by Gasteiger charge is 2.01. The lowest BCUT2D eigenvalue weighted by Gasteiger charge is -2.05. The van der Waals surface area contributed by atoms with Gasteiger partial charge in [0, 0.05) is 30.0 Å². The fraction of sp³-hybridized carbons (Fsp3) is 0.692. The third-order valence-corrected chi connectivity index (χ3v) is 3.54. The Morgan fingerprint density at radius 3 is 2.71 bits per heavy atom. The van der Waals surface area contributed by atoms with Crippen molar-refractivity contribution in [3.63, 3.8) is 0 Å². The molecule has 0 atom stereocenters. The van der Waals surface area contributed by atoms with Crippen molar-refractivity contribution in [2.24, 2.45) is 0 Å². The van der Waals surface area contributed by atoms with Crippen molar-refractivity contribution in [3.8, 4) is 0 Å². The van der Waals surface area contributed by atoms with Crippen LogP contribution in [0.25, 0.3) is 0 Å². The Kier molecular flexibility index (Phi) is 7.44. The SMILES string of the molecule is COCCOCCCNCc1cc(C)sc1C. The third-order valence-electron chi connectivity index (χ3n) is 2.53. The van der Waals surface area contributed by atoms with E-state index in [9.17, 15) is 0 Å². The lowest BCUT2D eigenvalue weighted by molar-refractivity contribution is 0.0695. The smallest absolute Gasteiger partial charge is 0.0700 e. The number of hydrogen-bond acceptors (Lipinski definition) is 4. The number of aryl methyl sites for hydroxylation is 2. The molecule has 0 saturated heterocycles. The normalized spacial score (nSPS) is 11.0. The van der Waals surface area contributed by atoms with Crippen LogP contribution in [0.1, 0.15) is 21.7 Å². The second-order valence-corrected chi connectivity index (χ2v) is 5.53. The second-order valence-electron chi connectivity index (χ2n) is 4.07. The van der Waals surface area contributed by atoms with Gasteiger partial charge in [-0.25, -0.2) is 0 Å². The van der Waals surface area contributed by atoms with E-state index in [1.807, 2.05) is 11.3 Å². The zero-order valence-electron chi connectivity index (χ0n) is 11.0. The molecule has 4 heteroatoms. The van der Waals surface area contributed by atoms with Crippen molar-refractivity contribution in [1.82, 2.24) is 5.32 Å². The molecule has 0 saturated carbocycles. The predicted octanol–water partition coefficient (Wildman–Crippen LogP) is 2.51. The highest BCUT2D eigenvalue weighted by molar-refractivity contribution is 7.12. The summed E-state index contributed by atoms with van der Waals surface area (Å²) in [5.41, 5.74) is 1.42. The first-order valence-corrected chi connectivity index (χ1v) is 6.89. The number of nitrogens with one attached hydrogen (secondary N) is 1. The van der Waals surface area contributed by atoms with Gasteiger partial charge in [-0.15, -0.1) is 11.3 Å². The van der Waals surface area contributed by atoms with Crippen LogP contribution in [0.4, 0.5) is 0 Å². The van der Waals surface area contributed by atoms with Crippen LogP contribution in [-0.4, -0.2) is 33.5 Å². The Labute approximate surface area is 108 Å². The van der Waals surface area contributed by atoms with E-state index < -0.39 is 0 Å². The molecule has 0 unspecified atom stereocenters. The quantitative estimate of drug-likeness (QED) is 0.690. The molecule has 0 bridgehead atoms. The number of thiophene rings is 1. The highest BCUT2D eigenvalue weighted by atomic mass is 32.1. The molecule has 1 aromatic rings. The summed E-state index contributed by atoms with van der Waals surface area (Å²) in [6.07, 6.45) is 1.05. The summed E-state index contributed by atoms with van der Waals surface area (Å²) >= 11 is 1.87. The van der Waals surface area contributed by atoms with Crippen molar-refractivity contribution in [1.29, 1.82) is 0 Å². The Morgan fingerprint density at radius 1 is 1.24 bits per heavy atom. The standard InChI is InChI=1S/C13H23NO2S/c1-11-9-13(12(2)17-11)10-14-5-4-6-16-8-7-15-3/h9,14H,4-8,10H2,1-3H3. The van der Waals surface area contributed by atoms with E-state index >= 15 is 0 Å². The van der Waals surface area contributed by atoms with Crippen LogP contribution in [0.5, 0.6) is 0 Å². The van der Waals surface area contributed by atoms with Gasteiger partial charge in [-0.05, 0) is 38.4 Å². The molecule has 98 valence electrons. The van der Waals surface area contributed by atoms with Crippen LogP contribution in [0.3, 0.4) is 0 Å². The molecule has 0 aliphatic carbocycles. The first-order valence-electron chi connectivity index (χ1n) is 6.07. The number of methoxy groups -OCH3 is 1. The van der Waals surface area contributed by atoms with Gasteiger partial charge in [0.25, 0.3) is 0 Å². The molecule has 17 heavy (non-hydrogen) atoms. The van der Waals surface area contributed by atoms with Crippen LogP contribution in [0, 0.1) is 13.8 Å². The summed E-state index contributed by atoms with van der Waals surface area (Å²) in [5, 5.41) is 3.44. The molecule has 0 aliphatic heterocycles. The third kappa shape index (κ3) is 6.17. The van der Waals surface area contributed by atoms with Crippen LogP contribution in [-0.2, 0) is 16.0 Å². The van der Waals surface area contributed by atoms with Crippen LogP contribution >= 0.6 is 11.3 Å². The number of ether oxygens (including phenoxy) is 2. The Morgan fingerprint density at radius 2 is 2.06 bits per heavy atom. The van der Waals surface area contributed by atoms with Gasteiger partial charge in [0.2, 0.25) is 0 Å². The Hall–Kier alpha value is -0.420. The zero-order valence-corrected chi connectivity index (χ0v) is 11.9. The topological polar surface area (TPSA) is 30.5 Å². The molecule has 0 aromatic carbocycles. The minimum Gasteiger partial charge on any atom is -0.382 e. The fourth-order valence-electron chi connectivity index (χ4n) is 1.63. The van der Waals surface area contributed by atoms with E-state index in [1.165, 1.54) is 15.3 Å². The molecule has 3 nitrogen and oxygen atoms in total. The first-order chi connectivity index (χ1) is 8.24. The largest absolute Gasteiger partial charge is 0.382 e. The summed E-state index contributed by atoms with van der Waals surface area (Å²) in [4.78, 5) is 2.81. The van der Waals surface area contributed by atoms with Gasteiger partial charge in [0.15, 0.2) is 0 Å². The Bertz CT molecular complexity index is 312. The molecule has 1 rings (SSSR count). The minimum atomic E-state index is 0.681. The molecule has 0 spiro atoms. The maximum atomic E-state index is 5.39. The number of rotatable bonds is 9. The maximum Gasteiger partial charge on any atom is 0.0700 e. The van der Waals surface area contributed by atoms with Gasteiger partial charge in [-0.3, -0.25) is 0 Å². The first kappa shape index (κ1) is 14.6. The van der Waals surface area contributed by atoms with E-state index in [1.54, 1.807) is 7.11 Å². The van der Waals surface area contributed by atoms with Gasteiger partial charge < -0.3 is 14.8 Å². The van der Waals surface area contributed by atoms with Crippen molar-refractivity contribution in [3.05, 3.63) is 21.4 Å². The van der Waals surface area contributed by atoms with E-state index in [2.05, 4.69) is 25.2 Å². The van der Waals surface area contributed by atoms with Gasteiger partial charge in [0.05, 0.1) is 13.2 Å². The van der Waals surface area contributed by atoms with Gasteiger partial charge in [-0.2, -0.15) is 0 Å². The summed E-state index contributed by atoms with van der Waals surface area (Å²) in [5.74, 6) is 0. The van der Waals surface area contributed by atoms with Crippen molar-refractivity contribution < 1.29 is 9.47 Å². The molecule has 1 heterocycles. The summed E-state index contributed by atoms with van der Waals surface area (Å²) in [6, 6.07) is 2.27. The van der Waals surface area contributed by atoms with E-state index in [0.29, 0.717) is 13.2 Å². The highest BCUT2D eigenvalue weighted by Crippen LogP contribution is 2.19. The van der Waals surface area contributed by atoms with Gasteiger partial charge in [0.1, 0.15) is 0 Å². The van der Waals surface area contributed by atoms with Crippen LogP contribution in [0.15, 0.2) is 6.07 Å². The number of hydrogen-bond donors (Lipinski definition) is 1. The average Bonchev–Trinajstić information content (AvgIpc) is 2.61. The van der Waals surface area contributed by atoms with Gasteiger partial charge >= 0.3 is 0 Å². The van der Waals surface area contributed by atoms with E-state index in [0.717, 1.165) is 26.1 Å². The summed E-state index contributed by atoms with van der Waals surface area (Å²) < 4.78 is 10.3. The molecule has 0 amide bonds. The van der Waals surface area contributed by atoms with Crippen LogP contribution in [0.2, 0.25) is 0 Å². The average molecular weight is 257 g/mol.